The van der Waals surface area contributed by atoms with Gasteiger partial charge in [0.15, 0.2) is 5.60 Å². The SMILES string of the molecule is COC(=O)C(C)(O)C1=CCCc2c1ccc1ccc(F)cc21. The highest BCUT2D eigenvalue weighted by atomic mass is 19.1. The van der Waals surface area contributed by atoms with E-state index in [9.17, 15) is 14.3 Å². The van der Waals surface area contributed by atoms with E-state index in [2.05, 4.69) is 0 Å². The van der Waals surface area contributed by atoms with E-state index in [1.54, 1.807) is 6.07 Å². The molecule has 22 heavy (non-hydrogen) atoms. The number of halogens is 1. The third kappa shape index (κ3) is 2.20. The summed E-state index contributed by atoms with van der Waals surface area (Å²) in [6.45, 7) is 1.43. The fourth-order valence-electron chi connectivity index (χ4n) is 3.12. The van der Waals surface area contributed by atoms with Crippen molar-refractivity contribution in [3.8, 4) is 0 Å². The average Bonchev–Trinajstić information content (AvgIpc) is 2.53. The lowest BCUT2D eigenvalue weighted by atomic mass is 9.80. The van der Waals surface area contributed by atoms with Gasteiger partial charge in [-0.05, 0) is 59.4 Å². The summed E-state index contributed by atoms with van der Waals surface area (Å²) in [7, 11) is 1.25. The number of carbonyl (C=O) groups is 1. The van der Waals surface area contributed by atoms with Gasteiger partial charge < -0.3 is 9.84 Å². The summed E-state index contributed by atoms with van der Waals surface area (Å²) >= 11 is 0. The molecule has 1 aliphatic rings. The van der Waals surface area contributed by atoms with Gasteiger partial charge in [-0.3, -0.25) is 0 Å². The number of hydrogen-bond donors (Lipinski definition) is 1. The molecule has 0 spiro atoms. The number of ether oxygens (including phenoxy) is 1. The number of hydrogen-bond acceptors (Lipinski definition) is 3. The molecule has 3 nitrogen and oxygen atoms in total. The number of benzene rings is 2. The van der Waals surface area contributed by atoms with Crippen molar-refractivity contribution in [1.82, 2.24) is 0 Å². The minimum absolute atomic E-state index is 0.295. The van der Waals surface area contributed by atoms with Crippen molar-refractivity contribution in [1.29, 1.82) is 0 Å². The van der Waals surface area contributed by atoms with Gasteiger partial charge in [-0.15, -0.1) is 0 Å². The Kier molecular flexibility index (Phi) is 3.49. The summed E-state index contributed by atoms with van der Waals surface area (Å²) in [6, 6.07) is 8.42. The summed E-state index contributed by atoms with van der Waals surface area (Å²) in [4.78, 5) is 11.9. The van der Waals surface area contributed by atoms with E-state index in [-0.39, 0.29) is 5.82 Å². The second kappa shape index (κ2) is 5.21. The third-order valence-corrected chi connectivity index (χ3v) is 4.24. The first kappa shape index (κ1) is 14.7. The standard InChI is InChI=1S/C18H17FO3/c1-18(21,17(20)22-2)16-5-3-4-13-14(16)9-7-11-6-8-12(19)10-15(11)13/h5-10,21H,3-4H2,1-2H3. The summed E-state index contributed by atoms with van der Waals surface area (Å²) in [5.74, 6) is -0.998. The van der Waals surface area contributed by atoms with Crippen LogP contribution in [0.1, 0.15) is 24.5 Å². The lowest BCUT2D eigenvalue weighted by molar-refractivity contribution is -0.154. The van der Waals surface area contributed by atoms with Gasteiger partial charge in [0.25, 0.3) is 0 Å². The first-order valence-corrected chi connectivity index (χ1v) is 7.18. The molecule has 0 radical (unpaired) electrons. The van der Waals surface area contributed by atoms with Gasteiger partial charge in [-0.2, -0.15) is 0 Å². The molecule has 1 aliphatic carbocycles. The Hall–Kier alpha value is -2.20. The van der Waals surface area contributed by atoms with Crippen LogP contribution in [0.5, 0.6) is 0 Å². The molecule has 2 aromatic rings. The molecule has 0 aromatic heterocycles. The predicted octanol–water partition coefficient (Wildman–Crippen LogP) is 3.23. The zero-order valence-corrected chi connectivity index (χ0v) is 12.5. The third-order valence-electron chi connectivity index (χ3n) is 4.24. The fourth-order valence-corrected chi connectivity index (χ4v) is 3.12. The molecule has 1 N–H and O–H groups in total. The molecule has 4 heteroatoms. The Balaban J connectivity index is 2.21. The van der Waals surface area contributed by atoms with Crippen molar-refractivity contribution < 1.29 is 19.0 Å². The number of carbonyl (C=O) groups excluding carboxylic acids is 1. The molecule has 0 bridgehead atoms. The molecule has 0 saturated heterocycles. The van der Waals surface area contributed by atoms with Crippen LogP contribution in [0.15, 0.2) is 36.4 Å². The summed E-state index contributed by atoms with van der Waals surface area (Å²) in [5, 5.41) is 12.3. The summed E-state index contributed by atoms with van der Waals surface area (Å²) < 4.78 is 18.3. The number of fused-ring (bicyclic) bond motifs is 3. The summed E-state index contributed by atoms with van der Waals surface area (Å²) in [5.41, 5.74) is 0.537. The molecule has 1 atom stereocenters. The Bertz CT molecular complexity index is 790. The second-order valence-corrected chi connectivity index (χ2v) is 5.68. The highest BCUT2D eigenvalue weighted by Gasteiger charge is 2.38. The molecule has 114 valence electrons. The largest absolute Gasteiger partial charge is 0.467 e. The second-order valence-electron chi connectivity index (χ2n) is 5.68. The number of aryl methyl sites for hydroxylation is 1. The van der Waals surface area contributed by atoms with Crippen molar-refractivity contribution in [2.45, 2.75) is 25.4 Å². The van der Waals surface area contributed by atoms with Gasteiger partial charge in [0, 0.05) is 0 Å². The van der Waals surface area contributed by atoms with Gasteiger partial charge in [-0.1, -0.05) is 24.3 Å². The van der Waals surface area contributed by atoms with E-state index >= 15 is 0 Å². The molecule has 3 rings (SSSR count). The lowest BCUT2D eigenvalue weighted by Crippen LogP contribution is -2.38. The summed E-state index contributed by atoms with van der Waals surface area (Å²) in [6.07, 6.45) is 3.28. The van der Waals surface area contributed by atoms with Gasteiger partial charge in [-0.25, -0.2) is 9.18 Å². The van der Waals surface area contributed by atoms with Crippen LogP contribution in [0.2, 0.25) is 0 Å². The number of esters is 1. The minimum atomic E-state index is -1.72. The van der Waals surface area contributed by atoms with E-state index < -0.39 is 11.6 Å². The molecule has 0 fully saturated rings. The highest BCUT2D eigenvalue weighted by molar-refractivity contribution is 6.00. The van der Waals surface area contributed by atoms with Crippen molar-refractivity contribution in [3.63, 3.8) is 0 Å². The van der Waals surface area contributed by atoms with E-state index in [1.807, 2.05) is 18.2 Å². The smallest absolute Gasteiger partial charge is 0.342 e. The van der Waals surface area contributed by atoms with E-state index in [4.69, 9.17) is 4.74 Å². The van der Waals surface area contributed by atoms with Crippen LogP contribution in [0, 0.1) is 5.82 Å². The maximum Gasteiger partial charge on any atom is 0.342 e. The van der Waals surface area contributed by atoms with Crippen molar-refractivity contribution >= 4 is 22.3 Å². The van der Waals surface area contributed by atoms with Crippen LogP contribution in [-0.2, 0) is 16.0 Å². The van der Waals surface area contributed by atoms with Crippen LogP contribution in [-0.4, -0.2) is 23.8 Å². The maximum absolute atomic E-state index is 13.6. The van der Waals surface area contributed by atoms with Crippen LogP contribution in [0.25, 0.3) is 16.3 Å². The van der Waals surface area contributed by atoms with E-state index in [1.165, 1.54) is 26.2 Å². The normalized spacial score (nSPS) is 16.6. The fraction of sp³-hybridized carbons (Fsp3) is 0.278. The Morgan fingerprint density at radius 1 is 1.32 bits per heavy atom. The number of aliphatic hydroxyl groups is 1. The molecule has 2 aromatic carbocycles. The minimum Gasteiger partial charge on any atom is -0.467 e. The van der Waals surface area contributed by atoms with Crippen LogP contribution < -0.4 is 0 Å². The molecule has 1 unspecified atom stereocenters. The van der Waals surface area contributed by atoms with Gasteiger partial charge >= 0.3 is 5.97 Å². The van der Waals surface area contributed by atoms with E-state index in [0.29, 0.717) is 12.0 Å². The predicted molar refractivity (Wildman–Crippen MR) is 82.8 cm³/mol. The first-order valence-electron chi connectivity index (χ1n) is 7.18. The lowest BCUT2D eigenvalue weighted by Gasteiger charge is -2.29. The van der Waals surface area contributed by atoms with Crippen molar-refractivity contribution in [2.24, 2.45) is 0 Å². The Labute approximate surface area is 128 Å². The molecule has 0 saturated carbocycles. The maximum atomic E-state index is 13.6. The zero-order valence-electron chi connectivity index (χ0n) is 12.5. The topological polar surface area (TPSA) is 46.5 Å². The Morgan fingerprint density at radius 2 is 2.05 bits per heavy atom. The first-order chi connectivity index (χ1) is 10.4. The molecular weight excluding hydrogens is 283 g/mol. The van der Waals surface area contributed by atoms with Gasteiger partial charge in [0.05, 0.1) is 7.11 Å². The molecule has 0 aliphatic heterocycles. The highest BCUT2D eigenvalue weighted by Crippen LogP contribution is 2.38. The zero-order chi connectivity index (χ0) is 15.9. The quantitative estimate of drug-likeness (QED) is 0.866. The molecular formula is C18H17FO3. The molecule has 0 heterocycles. The van der Waals surface area contributed by atoms with Crippen LogP contribution in [0.3, 0.4) is 0 Å². The monoisotopic (exact) mass is 300 g/mol. The van der Waals surface area contributed by atoms with Crippen molar-refractivity contribution in [3.05, 3.63) is 53.4 Å². The van der Waals surface area contributed by atoms with Crippen LogP contribution >= 0.6 is 0 Å². The number of rotatable bonds is 2. The van der Waals surface area contributed by atoms with Crippen LogP contribution in [0.4, 0.5) is 4.39 Å². The number of methoxy groups -OCH3 is 1. The van der Waals surface area contributed by atoms with Crippen molar-refractivity contribution in [2.75, 3.05) is 7.11 Å². The van der Waals surface area contributed by atoms with Gasteiger partial charge in [0.1, 0.15) is 5.82 Å². The van der Waals surface area contributed by atoms with Gasteiger partial charge in [0.2, 0.25) is 0 Å². The number of allylic oxidation sites excluding steroid dienone is 1. The van der Waals surface area contributed by atoms with E-state index in [0.717, 1.165) is 28.3 Å². The average molecular weight is 300 g/mol. The molecule has 0 amide bonds. The Morgan fingerprint density at radius 3 is 2.77 bits per heavy atom.